The summed E-state index contributed by atoms with van der Waals surface area (Å²) in [5, 5.41) is 15.3. The molecule has 0 aliphatic carbocycles. The Balaban J connectivity index is 1.51. The van der Waals surface area contributed by atoms with Gasteiger partial charge in [0.2, 0.25) is 5.17 Å². The van der Waals surface area contributed by atoms with Crippen LogP contribution in [0.4, 0.5) is 4.39 Å². The number of hydrazone groups is 1. The number of hydrogen-bond donors (Lipinski definition) is 1. The van der Waals surface area contributed by atoms with E-state index in [0.717, 1.165) is 22.6 Å². The molecule has 2 aliphatic heterocycles. The molecule has 0 fully saturated rings. The topological polar surface area (TPSA) is 73.8 Å². The fourth-order valence-electron chi connectivity index (χ4n) is 3.76. The normalized spacial score (nSPS) is 17.0. The summed E-state index contributed by atoms with van der Waals surface area (Å²) in [7, 11) is 0. The first kappa shape index (κ1) is 20.1. The van der Waals surface area contributed by atoms with Gasteiger partial charge in [0.15, 0.2) is 5.84 Å². The quantitative estimate of drug-likeness (QED) is 0.585. The second-order valence-electron chi connectivity index (χ2n) is 7.43. The van der Waals surface area contributed by atoms with E-state index in [1.165, 1.54) is 28.9 Å². The number of nitrogens with one attached hydrogen (secondary N) is 1. The van der Waals surface area contributed by atoms with Crippen LogP contribution in [-0.2, 0) is 4.79 Å². The summed E-state index contributed by atoms with van der Waals surface area (Å²) in [6.07, 6.45) is 1.70. The minimum atomic E-state index is -0.478. The largest absolute Gasteiger partial charge is 0.318 e. The van der Waals surface area contributed by atoms with E-state index in [-0.39, 0.29) is 17.2 Å². The van der Waals surface area contributed by atoms with E-state index < -0.39 is 5.91 Å². The summed E-state index contributed by atoms with van der Waals surface area (Å²) in [5.74, 6) is -0.850. The molecule has 0 unspecified atom stereocenters. The molecule has 0 saturated heterocycles. The lowest BCUT2D eigenvalue weighted by atomic mass is 10.1. The van der Waals surface area contributed by atoms with Crippen molar-refractivity contribution in [3.63, 3.8) is 0 Å². The van der Waals surface area contributed by atoms with Crippen LogP contribution in [0.3, 0.4) is 0 Å². The number of carbonyl (C=O) groups excluding carboxylic acids is 1. The highest BCUT2D eigenvalue weighted by atomic mass is 32.2. The van der Waals surface area contributed by atoms with Gasteiger partial charge in [0.05, 0.1) is 5.57 Å². The zero-order chi connectivity index (χ0) is 22.4. The molecule has 8 heteroatoms. The molecule has 3 heterocycles. The van der Waals surface area contributed by atoms with E-state index in [4.69, 9.17) is 5.41 Å². The van der Waals surface area contributed by atoms with E-state index in [0.29, 0.717) is 15.8 Å². The van der Waals surface area contributed by atoms with Crippen LogP contribution in [0.1, 0.15) is 22.5 Å². The number of amidine groups is 2. The number of amides is 1. The summed E-state index contributed by atoms with van der Waals surface area (Å²) < 4.78 is 15.3. The minimum Gasteiger partial charge on any atom is -0.318 e. The summed E-state index contributed by atoms with van der Waals surface area (Å²) in [6, 6.07) is 17.9. The first-order valence-electron chi connectivity index (χ1n) is 9.93. The molecule has 0 bridgehead atoms. The predicted octanol–water partition coefficient (Wildman–Crippen LogP) is 4.90. The van der Waals surface area contributed by atoms with Crippen molar-refractivity contribution in [2.45, 2.75) is 13.8 Å². The molecule has 0 spiro atoms. The van der Waals surface area contributed by atoms with Gasteiger partial charge in [0, 0.05) is 22.6 Å². The number of fused-ring (bicyclic) bond motifs is 1. The lowest BCUT2D eigenvalue weighted by Crippen LogP contribution is -2.35. The van der Waals surface area contributed by atoms with Crippen LogP contribution >= 0.6 is 11.8 Å². The number of nitrogens with zero attached hydrogens (tertiary/aromatic N) is 4. The Morgan fingerprint density at radius 2 is 1.78 bits per heavy atom. The Kier molecular flexibility index (Phi) is 4.86. The van der Waals surface area contributed by atoms with Crippen LogP contribution in [0.25, 0.3) is 11.8 Å². The molecule has 3 aromatic rings. The van der Waals surface area contributed by atoms with Crippen LogP contribution in [0.5, 0.6) is 0 Å². The number of halogens is 1. The van der Waals surface area contributed by atoms with Crippen LogP contribution in [0.2, 0.25) is 0 Å². The van der Waals surface area contributed by atoms with Crippen molar-refractivity contribution in [1.82, 2.24) is 9.58 Å². The van der Waals surface area contributed by atoms with Crippen molar-refractivity contribution in [3.05, 3.63) is 94.6 Å². The van der Waals surface area contributed by atoms with Crippen molar-refractivity contribution in [3.8, 4) is 5.69 Å². The molecule has 32 heavy (non-hydrogen) atoms. The van der Waals surface area contributed by atoms with Gasteiger partial charge < -0.3 is 4.57 Å². The van der Waals surface area contributed by atoms with Crippen LogP contribution in [0.15, 0.2) is 76.3 Å². The number of carbonyl (C=O) groups is 1. The molecule has 0 saturated carbocycles. The average molecular weight is 444 g/mol. The average Bonchev–Trinajstić information content (AvgIpc) is 3.33. The van der Waals surface area contributed by atoms with E-state index >= 15 is 0 Å². The summed E-state index contributed by atoms with van der Waals surface area (Å²) in [6.45, 7) is 3.98. The maximum atomic E-state index is 13.2. The number of aromatic nitrogens is 1. The third kappa shape index (κ3) is 3.38. The number of thioether (sulfide) groups is 1. The molecule has 1 aromatic heterocycles. The zero-order valence-corrected chi connectivity index (χ0v) is 18.2. The number of benzene rings is 2. The first-order valence-corrected chi connectivity index (χ1v) is 10.7. The van der Waals surface area contributed by atoms with E-state index in [1.807, 2.05) is 50.2 Å². The summed E-state index contributed by atoms with van der Waals surface area (Å²) in [5.41, 5.74) is 4.72. The smallest absolute Gasteiger partial charge is 0.283 e. The third-order valence-corrected chi connectivity index (χ3v) is 6.29. The lowest BCUT2D eigenvalue weighted by Gasteiger charge is -2.20. The van der Waals surface area contributed by atoms with Gasteiger partial charge >= 0.3 is 0 Å². The van der Waals surface area contributed by atoms with Crippen molar-refractivity contribution >= 4 is 39.8 Å². The number of aliphatic imine (C=N–C) groups is 1. The SMILES string of the molecule is Cc1cc(C=C2C(=N)N3N=C(c4ccc(F)cc4)SC3=NC2=O)c(C)n1-c1ccccc1. The van der Waals surface area contributed by atoms with Crippen LogP contribution in [-0.4, -0.2) is 31.5 Å². The lowest BCUT2D eigenvalue weighted by molar-refractivity contribution is -0.114. The Bertz CT molecular complexity index is 1350. The maximum absolute atomic E-state index is 13.2. The molecule has 1 N–H and O–H groups in total. The molecule has 5 rings (SSSR count). The van der Waals surface area contributed by atoms with Gasteiger partial charge in [0.25, 0.3) is 5.91 Å². The number of para-hydroxylation sites is 1. The highest BCUT2D eigenvalue weighted by Gasteiger charge is 2.36. The van der Waals surface area contributed by atoms with Gasteiger partial charge in [-0.2, -0.15) is 15.1 Å². The molecule has 6 nitrogen and oxygen atoms in total. The zero-order valence-electron chi connectivity index (χ0n) is 17.3. The number of rotatable bonds is 3. The predicted molar refractivity (Wildman–Crippen MR) is 126 cm³/mol. The monoisotopic (exact) mass is 443 g/mol. The van der Waals surface area contributed by atoms with Gasteiger partial charge in [-0.3, -0.25) is 10.2 Å². The number of hydrogen-bond acceptors (Lipinski definition) is 4. The summed E-state index contributed by atoms with van der Waals surface area (Å²) in [4.78, 5) is 16.9. The molecule has 0 atom stereocenters. The van der Waals surface area contributed by atoms with Gasteiger partial charge in [0.1, 0.15) is 10.9 Å². The fraction of sp³-hybridized carbons (Fsp3) is 0.0833. The van der Waals surface area contributed by atoms with Crippen LogP contribution < -0.4 is 0 Å². The first-order chi connectivity index (χ1) is 15.4. The van der Waals surface area contributed by atoms with Crippen molar-refractivity contribution in [2.24, 2.45) is 10.1 Å². The molecule has 158 valence electrons. The van der Waals surface area contributed by atoms with Gasteiger partial charge in [-0.1, -0.05) is 18.2 Å². The highest BCUT2D eigenvalue weighted by Crippen LogP contribution is 2.32. The Labute approximate surface area is 188 Å². The Morgan fingerprint density at radius 3 is 2.50 bits per heavy atom. The number of aryl methyl sites for hydroxylation is 1. The molecule has 1 amide bonds. The minimum absolute atomic E-state index is 0.0332. The second kappa shape index (κ2) is 7.72. The van der Waals surface area contributed by atoms with Gasteiger partial charge in [-0.15, -0.1) is 0 Å². The van der Waals surface area contributed by atoms with Crippen molar-refractivity contribution < 1.29 is 9.18 Å². The van der Waals surface area contributed by atoms with E-state index in [9.17, 15) is 9.18 Å². The van der Waals surface area contributed by atoms with Crippen molar-refractivity contribution in [2.75, 3.05) is 0 Å². The van der Waals surface area contributed by atoms with Gasteiger partial charge in [-0.05, 0) is 79.7 Å². The molecule has 2 aliphatic rings. The van der Waals surface area contributed by atoms with Crippen molar-refractivity contribution in [1.29, 1.82) is 5.41 Å². The summed E-state index contributed by atoms with van der Waals surface area (Å²) >= 11 is 1.19. The Hall–Kier alpha value is -3.78. The third-order valence-electron chi connectivity index (χ3n) is 5.33. The Morgan fingerprint density at radius 1 is 1.06 bits per heavy atom. The van der Waals surface area contributed by atoms with Gasteiger partial charge in [-0.25, -0.2) is 4.39 Å². The molecular formula is C24H18FN5OS. The standard InChI is InChI=1S/C24H18FN5OS/c1-14-12-17(15(2)29(14)19-6-4-3-5-7-19)13-20-21(26)30-24(27-22(20)31)32-23(28-30)16-8-10-18(25)11-9-16/h3-13,26H,1-2H3. The molecule has 0 radical (unpaired) electrons. The molecule has 2 aromatic carbocycles. The highest BCUT2D eigenvalue weighted by molar-refractivity contribution is 8.27. The van der Waals surface area contributed by atoms with Crippen LogP contribution in [0, 0.1) is 25.1 Å². The molecular weight excluding hydrogens is 425 g/mol. The maximum Gasteiger partial charge on any atom is 0.283 e. The fourth-order valence-corrected chi connectivity index (χ4v) is 4.66. The van der Waals surface area contributed by atoms with E-state index in [1.54, 1.807) is 18.2 Å². The second-order valence-corrected chi connectivity index (χ2v) is 8.39. The van der Waals surface area contributed by atoms with E-state index in [2.05, 4.69) is 14.7 Å².